The van der Waals surface area contributed by atoms with E-state index in [1.807, 2.05) is 24.3 Å². The van der Waals surface area contributed by atoms with Gasteiger partial charge in [0.05, 0.1) is 5.39 Å². The largest absolute Gasteiger partial charge is 0.399 e. The van der Waals surface area contributed by atoms with Crippen molar-refractivity contribution in [2.24, 2.45) is 0 Å². The minimum atomic E-state index is 0.700. The molecule has 0 fully saturated rings. The number of fused-ring (bicyclic) bond motifs is 1. The van der Waals surface area contributed by atoms with Gasteiger partial charge in [-0.25, -0.2) is 9.97 Å². The van der Waals surface area contributed by atoms with E-state index in [0.29, 0.717) is 6.54 Å². The van der Waals surface area contributed by atoms with Gasteiger partial charge in [-0.1, -0.05) is 12.1 Å². The number of hydrogen-bond acceptors (Lipinski definition) is 5. The van der Waals surface area contributed by atoms with Gasteiger partial charge in [0.25, 0.3) is 0 Å². The van der Waals surface area contributed by atoms with E-state index in [1.54, 1.807) is 17.7 Å². The summed E-state index contributed by atoms with van der Waals surface area (Å²) in [4.78, 5) is 10.8. The molecule has 0 saturated carbocycles. The molecule has 1 aromatic carbocycles. The van der Waals surface area contributed by atoms with E-state index < -0.39 is 0 Å². The van der Waals surface area contributed by atoms with Crippen LogP contribution in [-0.4, -0.2) is 9.97 Å². The predicted octanol–water partition coefficient (Wildman–Crippen LogP) is 3.19. The van der Waals surface area contributed by atoms with Crippen molar-refractivity contribution in [3.8, 4) is 0 Å². The fraction of sp³-hybridized carbons (Fsp3) is 0.143. The molecule has 0 unspecified atom stereocenters. The van der Waals surface area contributed by atoms with Crippen LogP contribution in [0.4, 0.5) is 11.5 Å². The van der Waals surface area contributed by atoms with E-state index in [2.05, 4.69) is 28.3 Å². The average Bonchev–Trinajstić information content (AvgIpc) is 2.77. The van der Waals surface area contributed by atoms with Crippen molar-refractivity contribution >= 4 is 33.1 Å². The van der Waals surface area contributed by atoms with Gasteiger partial charge in [0.15, 0.2) is 0 Å². The number of aromatic nitrogens is 2. The quantitative estimate of drug-likeness (QED) is 0.717. The monoisotopic (exact) mass is 270 g/mol. The number of benzene rings is 1. The summed E-state index contributed by atoms with van der Waals surface area (Å²) >= 11 is 1.68. The lowest BCUT2D eigenvalue weighted by molar-refractivity contribution is 1.11. The Morgan fingerprint density at radius 3 is 3.00 bits per heavy atom. The number of anilines is 2. The van der Waals surface area contributed by atoms with Crippen molar-refractivity contribution in [2.45, 2.75) is 13.5 Å². The highest BCUT2D eigenvalue weighted by Crippen LogP contribution is 2.27. The molecule has 0 atom stereocenters. The highest BCUT2D eigenvalue weighted by molar-refractivity contribution is 7.18. The van der Waals surface area contributed by atoms with Crippen molar-refractivity contribution in [3.63, 3.8) is 0 Å². The van der Waals surface area contributed by atoms with Gasteiger partial charge in [-0.3, -0.25) is 0 Å². The summed E-state index contributed by atoms with van der Waals surface area (Å²) in [6.45, 7) is 2.78. The summed E-state index contributed by atoms with van der Waals surface area (Å²) in [5.74, 6) is 0.872. The summed E-state index contributed by atoms with van der Waals surface area (Å²) in [5, 5.41) is 4.42. The standard InChI is InChI=1S/C14H14N4S/c1-9-5-12-13(17-8-18-14(12)19-9)16-7-10-3-2-4-11(15)6-10/h2-6,8H,7,15H2,1H3,(H,16,17,18). The lowest BCUT2D eigenvalue weighted by atomic mass is 10.2. The minimum absolute atomic E-state index is 0.700. The molecular weight excluding hydrogens is 256 g/mol. The number of nitrogen functional groups attached to an aromatic ring is 1. The first-order valence-corrected chi connectivity index (χ1v) is 6.83. The first-order chi connectivity index (χ1) is 9.22. The Morgan fingerprint density at radius 2 is 2.16 bits per heavy atom. The van der Waals surface area contributed by atoms with Crippen molar-refractivity contribution in [1.29, 1.82) is 0 Å². The molecule has 3 rings (SSSR count). The second-order valence-corrected chi connectivity index (χ2v) is 5.63. The van der Waals surface area contributed by atoms with Crippen LogP contribution >= 0.6 is 11.3 Å². The Labute approximate surface area is 115 Å². The van der Waals surface area contributed by atoms with Crippen LogP contribution in [0.2, 0.25) is 0 Å². The molecule has 0 saturated heterocycles. The number of thiophene rings is 1. The average molecular weight is 270 g/mol. The topological polar surface area (TPSA) is 63.8 Å². The van der Waals surface area contributed by atoms with Gasteiger partial charge in [-0.05, 0) is 30.7 Å². The fourth-order valence-corrected chi connectivity index (χ4v) is 2.85. The number of nitrogens with one attached hydrogen (secondary N) is 1. The number of hydrogen-bond donors (Lipinski definition) is 2. The van der Waals surface area contributed by atoms with Gasteiger partial charge in [-0.2, -0.15) is 0 Å². The van der Waals surface area contributed by atoms with Gasteiger partial charge >= 0.3 is 0 Å². The minimum Gasteiger partial charge on any atom is -0.399 e. The second-order valence-electron chi connectivity index (χ2n) is 4.40. The SMILES string of the molecule is Cc1cc2c(NCc3cccc(N)c3)ncnc2s1. The molecule has 0 bridgehead atoms. The summed E-state index contributed by atoms with van der Waals surface area (Å²) in [5.41, 5.74) is 7.68. The molecule has 5 heteroatoms. The normalized spacial score (nSPS) is 10.8. The molecule has 0 aliphatic heterocycles. The van der Waals surface area contributed by atoms with E-state index in [1.165, 1.54) is 4.88 Å². The Bertz CT molecular complexity index is 720. The van der Waals surface area contributed by atoms with Crippen LogP contribution in [0, 0.1) is 6.92 Å². The van der Waals surface area contributed by atoms with Crippen LogP contribution in [0.15, 0.2) is 36.7 Å². The number of nitrogens with zero attached hydrogens (tertiary/aromatic N) is 2. The van der Waals surface area contributed by atoms with Crippen molar-refractivity contribution in [3.05, 3.63) is 47.1 Å². The van der Waals surface area contributed by atoms with E-state index in [9.17, 15) is 0 Å². The maximum Gasteiger partial charge on any atom is 0.138 e. The molecule has 96 valence electrons. The van der Waals surface area contributed by atoms with Crippen LogP contribution in [0.5, 0.6) is 0 Å². The smallest absolute Gasteiger partial charge is 0.138 e. The first-order valence-electron chi connectivity index (χ1n) is 6.02. The van der Waals surface area contributed by atoms with Gasteiger partial charge in [-0.15, -0.1) is 11.3 Å². The predicted molar refractivity (Wildman–Crippen MR) is 80.3 cm³/mol. The molecule has 0 aliphatic rings. The molecule has 0 aliphatic carbocycles. The Balaban J connectivity index is 1.85. The summed E-state index contributed by atoms with van der Waals surface area (Å²) < 4.78 is 0. The van der Waals surface area contributed by atoms with E-state index >= 15 is 0 Å². The first kappa shape index (κ1) is 11.9. The number of rotatable bonds is 3. The van der Waals surface area contributed by atoms with Gasteiger partial charge < -0.3 is 11.1 Å². The lowest BCUT2D eigenvalue weighted by Gasteiger charge is -2.07. The van der Waals surface area contributed by atoms with Crippen molar-refractivity contribution < 1.29 is 0 Å². The lowest BCUT2D eigenvalue weighted by Crippen LogP contribution is -2.02. The van der Waals surface area contributed by atoms with E-state index in [0.717, 1.165) is 27.3 Å². The summed E-state index contributed by atoms with van der Waals surface area (Å²) in [7, 11) is 0. The number of nitrogens with two attached hydrogens (primary N) is 1. The third kappa shape index (κ3) is 2.51. The highest BCUT2D eigenvalue weighted by atomic mass is 32.1. The molecule has 0 spiro atoms. The van der Waals surface area contributed by atoms with Crippen LogP contribution in [0.1, 0.15) is 10.4 Å². The Kier molecular flexibility index (Phi) is 3.05. The van der Waals surface area contributed by atoms with E-state index in [4.69, 9.17) is 5.73 Å². The molecular formula is C14H14N4S. The van der Waals surface area contributed by atoms with Crippen molar-refractivity contribution in [1.82, 2.24) is 9.97 Å². The van der Waals surface area contributed by atoms with Gasteiger partial charge in [0, 0.05) is 17.1 Å². The molecule has 3 N–H and O–H groups in total. The third-order valence-electron chi connectivity index (χ3n) is 2.86. The molecule has 4 nitrogen and oxygen atoms in total. The molecule has 3 aromatic rings. The molecule has 2 heterocycles. The molecule has 0 radical (unpaired) electrons. The van der Waals surface area contributed by atoms with Crippen LogP contribution in [0.3, 0.4) is 0 Å². The van der Waals surface area contributed by atoms with Gasteiger partial charge in [0.2, 0.25) is 0 Å². The number of aryl methyl sites for hydroxylation is 1. The van der Waals surface area contributed by atoms with Crippen molar-refractivity contribution in [2.75, 3.05) is 11.1 Å². The molecule has 0 amide bonds. The molecule has 2 aromatic heterocycles. The summed E-state index contributed by atoms with van der Waals surface area (Å²) in [6.07, 6.45) is 1.60. The maximum atomic E-state index is 5.77. The zero-order chi connectivity index (χ0) is 13.2. The zero-order valence-corrected chi connectivity index (χ0v) is 11.4. The Hall–Kier alpha value is -2.14. The second kappa shape index (κ2) is 4.85. The van der Waals surface area contributed by atoms with Crippen LogP contribution < -0.4 is 11.1 Å². The fourth-order valence-electron chi connectivity index (χ4n) is 2.01. The maximum absolute atomic E-state index is 5.77. The van der Waals surface area contributed by atoms with Crippen LogP contribution in [-0.2, 0) is 6.54 Å². The van der Waals surface area contributed by atoms with Crippen LogP contribution in [0.25, 0.3) is 10.2 Å². The summed E-state index contributed by atoms with van der Waals surface area (Å²) in [6, 6.07) is 9.96. The molecule has 19 heavy (non-hydrogen) atoms. The van der Waals surface area contributed by atoms with E-state index in [-0.39, 0.29) is 0 Å². The third-order valence-corrected chi connectivity index (χ3v) is 3.82. The highest BCUT2D eigenvalue weighted by Gasteiger charge is 2.06. The zero-order valence-electron chi connectivity index (χ0n) is 10.6. The Morgan fingerprint density at radius 1 is 1.26 bits per heavy atom. The van der Waals surface area contributed by atoms with Gasteiger partial charge in [0.1, 0.15) is 17.0 Å².